The summed E-state index contributed by atoms with van der Waals surface area (Å²) >= 11 is 1.43. The fourth-order valence-corrected chi connectivity index (χ4v) is 0.752. The molecule has 2 nitrogen and oxygen atoms in total. The topological polar surface area (TPSA) is 26.3 Å². The molecule has 0 saturated heterocycles. The van der Waals surface area contributed by atoms with Crippen LogP contribution in [0.3, 0.4) is 0 Å². The fraction of sp³-hybridized carbons (Fsp3) is 0.917. The summed E-state index contributed by atoms with van der Waals surface area (Å²) < 4.78 is 6.19. The quantitative estimate of drug-likeness (QED) is 0.427. The Morgan fingerprint density at radius 1 is 1.27 bits per heavy atom. The number of hydrogen-bond acceptors (Lipinski definition) is 2. The number of ether oxygens (including phenoxy) is 1. The number of hydrogen-bond donors (Lipinski definition) is 0. The van der Waals surface area contributed by atoms with E-state index in [1.807, 2.05) is 6.92 Å². The summed E-state index contributed by atoms with van der Waals surface area (Å²) in [5, 5.41) is 0. The summed E-state index contributed by atoms with van der Waals surface area (Å²) in [4.78, 5) is 10.7. The van der Waals surface area contributed by atoms with Gasteiger partial charge in [-0.1, -0.05) is 19.8 Å². The molecule has 0 aromatic rings. The molecular formula is C12H26O2Sn. The van der Waals surface area contributed by atoms with Crippen LogP contribution in [0.5, 0.6) is 0 Å². The van der Waals surface area contributed by atoms with Crippen LogP contribution in [0, 0.1) is 5.92 Å². The van der Waals surface area contributed by atoms with E-state index in [0.29, 0.717) is 13.0 Å². The van der Waals surface area contributed by atoms with Crippen molar-refractivity contribution in [1.29, 1.82) is 0 Å². The second-order valence-corrected chi connectivity index (χ2v) is 5.24. The maximum Gasteiger partial charge on any atom is 0.305 e. The first-order valence-electron chi connectivity index (χ1n) is 5.94. The van der Waals surface area contributed by atoms with Crippen molar-refractivity contribution in [3.63, 3.8) is 0 Å². The second-order valence-electron chi connectivity index (χ2n) is 3.89. The van der Waals surface area contributed by atoms with E-state index in [1.54, 1.807) is 0 Å². The van der Waals surface area contributed by atoms with Crippen LogP contribution in [0.25, 0.3) is 0 Å². The smallest absolute Gasteiger partial charge is 0.305 e. The van der Waals surface area contributed by atoms with Crippen LogP contribution in [-0.4, -0.2) is 35.1 Å². The summed E-state index contributed by atoms with van der Waals surface area (Å²) in [6.07, 6.45) is 3.83. The van der Waals surface area contributed by atoms with E-state index >= 15 is 0 Å². The van der Waals surface area contributed by atoms with Gasteiger partial charge in [0.25, 0.3) is 0 Å². The first kappa shape index (κ1) is 17.7. The summed E-state index contributed by atoms with van der Waals surface area (Å²) in [5.41, 5.74) is 0. The predicted octanol–water partition coefficient (Wildman–Crippen LogP) is 3.09. The molecule has 0 unspecified atom stereocenters. The van der Waals surface area contributed by atoms with Gasteiger partial charge in [-0.3, -0.25) is 4.79 Å². The third-order valence-corrected chi connectivity index (χ3v) is 4.45. The van der Waals surface area contributed by atoms with E-state index in [0.717, 1.165) is 25.2 Å². The first-order chi connectivity index (χ1) is 7.08. The maximum absolute atomic E-state index is 10.7. The van der Waals surface area contributed by atoms with Crippen molar-refractivity contribution in [2.24, 2.45) is 5.92 Å². The molecule has 0 N–H and O–H groups in total. The maximum atomic E-state index is 10.7. The molecule has 0 atom stereocenters. The number of carbonyl (C=O) groups is 1. The molecule has 0 rings (SSSR count). The average Bonchev–Trinajstić information content (AvgIpc) is 2.19. The van der Waals surface area contributed by atoms with E-state index in [-0.39, 0.29) is 5.97 Å². The van der Waals surface area contributed by atoms with E-state index in [4.69, 9.17) is 4.74 Å². The van der Waals surface area contributed by atoms with Crippen LogP contribution < -0.4 is 0 Å². The average molecular weight is 321 g/mol. The molecule has 90 valence electrons. The molecule has 0 amide bonds. The van der Waals surface area contributed by atoms with Crippen molar-refractivity contribution in [2.75, 3.05) is 6.61 Å². The first-order valence-corrected chi connectivity index (χ1v) is 8.27. The van der Waals surface area contributed by atoms with Gasteiger partial charge >= 0.3 is 52.7 Å². The Kier molecular flexibility index (Phi) is 16.8. The standard InChI is InChI=1S/C8H16O2.C4H9.Sn.H/c1-3-5-6-7-8(9)10-4-2;1-4(2)3;;/h3-7H2,1-2H3;4H,1H2,2-3H3;;. The van der Waals surface area contributed by atoms with Crippen LogP contribution in [0.15, 0.2) is 0 Å². The van der Waals surface area contributed by atoms with Gasteiger partial charge in [0.05, 0.1) is 6.61 Å². The summed E-state index contributed by atoms with van der Waals surface area (Å²) in [5.74, 6) is 0.883. The van der Waals surface area contributed by atoms with Crippen molar-refractivity contribution in [1.82, 2.24) is 0 Å². The van der Waals surface area contributed by atoms with Gasteiger partial charge in [-0.15, -0.1) is 0 Å². The zero-order chi connectivity index (χ0) is 12.1. The molecule has 0 fully saturated rings. The van der Waals surface area contributed by atoms with Crippen molar-refractivity contribution in [2.45, 2.75) is 57.8 Å². The van der Waals surface area contributed by atoms with Gasteiger partial charge in [-0.05, 0) is 13.3 Å². The van der Waals surface area contributed by atoms with E-state index < -0.39 is 0 Å². The van der Waals surface area contributed by atoms with E-state index in [2.05, 4.69) is 20.8 Å². The number of unbranched alkanes of at least 4 members (excludes halogenated alkanes) is 2. The zero-order valence-corrected chi connectivity index (χ0v) is 14.0. The van der Waals surface area contributed by atoms with Gasteiger partial charge in [-0.25, -0.2) is 0 Å². The van der Waals surface area contributed by atoms with E-state index in [1.165, 1.54) is 27.0 Å². The van der Waals surface area contributed by atoms with Gasteiger partial charge in [0, 0.05) is 6.42 Å². The molecule has 0 aromatic carbocycles. The van der Waals surface area contributed by atoms with Gasteiger partial charge in [0.15, 0.2) is 0 Å². The van der Waals surface area contributed by atoms with Crippen LogP contribution in [0.4, 0.5) is 0 Å². The normalized spacial score (nSPS) is 9.47. The summed E-state index contributed by atoms with van der Waals surface area (Å²) in [7, 11) is 0. The number of esters is 1. The van der Waals surface area contributed by atoms with Crippen molar-refractivity contribution in [3.05, 3.63) is 0 Å². The monoisotopic (exact) mass is 322 g/mol. The van der Waals surface area contributed by atoms with Gasteiger partial charge in [0.2, 0.25) is 0 Å². The Hall–Kier alpha value is 0.269. The summed E-state index contributed by atoms with van der Waals surface area (Å²) in [6, 6.07) is 0. The minimum Gasteiger partial charge on any atom is -0.466 e. The number of rotatable bonds is 6. The van der Waals surface area contributed by atoms with Crippen LogP contribution in [-0.2, 0) is 9.53 Å². The predicted molar refractivity (Wildman–Crippen MR) is 67.6 cm³/mol. The Bertz CT molecular complexity index is 136. The van der Waals surface area contributed by atoms with Crippen molar-refractivity contribution >= 4 is 28.5 Å². The second kappa shape index (κ2) is 14.3. The molecule has 0 bridgehead atoms. The Labute approximate surface area is 108 Å². The molecule has 0 spiro atoms. The molecular weight excluding hydrogens is 295 g/mol. The third kappa shape index (κ3) is 20.4. The number of carbonyl (C=O) groups excluding carboxylic acids is 1. The molecule has 0 aromatic heterocycles. The van der Waals surface area contributed by atoms with Crippen LogP contribution >= 0.6 is 0 Å². The van der Waals surface area contributed by atoms with Gasteiger partial charge < -0.3 is 4.74 Å². The molecule has 2 radical (unpaired) electrons. The third-order valence-electron chi connectivity index (χ3n) is 1.76. The zero-order valence-electron chi connectivity index (χ0n) is 10.7. The Morgan fingerprint density at radius 3 is 2.13 bits per heavy atom. The molecule has 0 aliphatic heterocycles. The van der Waals surface area contributed by atoms with Crippen molar-refractivity contribution < 1.29 is 9.53 Å². The molecule has 0 saturated carbocycles. The fourth-order valence-electron chi connectivity index (χ4n) is 0.752. The molecule has 3 heteroatoms. The Morgan fingerprint density at radius 2 is 1.80 bits per heavy atom. The largest absolute Gasteiger partial charge is 0.466 e. The minimum absolute atomic E-state index is 0.0593. The van der Waals surface area contributed by atoms with Gasteiger partial charge in [0.1, 0.15) is 0 Å². The van der Waals surface area contributed by atoms with Gasteiger partial charge in [-0.2, -0.15) is 0 Å². The van der Waals surface area contributed by atoms with Crippen molar-refractivity contribution in [3.8, 4) is 0 Å². The van der Waals surface area contributed by atoms with Crippen LogP contribution in [0.1, 0.15) is 53.4 Å². The molecule has 0 heterocycles. The van der Waals surface area contributed by atoms with Crippen LogP contribution in [0.2, 0.25) is 4.44 Å². The molecule has 0 aliphatic rings. The summed E-state index contributed by atoms with van der Waals surface area (Å²) in [6.45, 7) is 8.96. The van der Waals surface area contributed by atoms with E-state index in [9.17, 15) is 4.79 Å². The Balaban J connectivity index is 0. The molecule has 0 aliphatic carbocycles. The molecule has 15 heavy (non-hydrogen) atoms. The minimum atomic E-state index is -0.0593. The SMILES string of the molecule is CC(C)[CH2][SnH].CCCCCC(=O)OCC.